The van der Waals surface area contributed by atoms with Crippen LogP contribution in [-0.4, -0.2) is 41.7 Å². The summed E-state index contributed by atoms with van der Waals surface area (Å²) in [4.78, 5) is 13.9. The van der Waals surface area contributed by atoms with E-state index >= 15 is 0 Å². The molecule has 1 saturated heterocycles. The van der Waals surface area contributed by atoms with E-state index in [4.69, 9.17) is 0 Å². The summed E-state index contributed by atoms with van der Waals surface area (Å²) in [6.45, 7) is -0.0353. The molecule has 1 amide bonds. The number of amides is 1. The van der Waals surface area contributed by atoms with Crippen molar-refractivity contribution in [3.05, 3.63) is 29.8 Å². The summed E-state index contributed by atoms with van der Waals surface area (Å²) in [5.74, 6) is -0.0306. The minimum atomic E-state index is -2.87. The van der Waals surface area contributed by atoms with E-state index in [1.54, 1.807) is 11.8 Å². The lowest BCUT2D eigenvalue weighted by atomic mass is 10.0. The van der Waals surface area contributed by atoms with E-state index in [1.807, 2.05) is 0 Å². The maximum atomic E-state index is 12.2. The first-order valence-electron chi connectivity index (χ1n) is 6.49. The van der Waals surface area contributed by atoms with Gasteiger partial charge < -0.3 is 14.7 Å². The Kier molecular flexibility index (Phi) is 4.54. The number of benzene rings is 1. The number of halogens is 2. The monoisotopic (exact) mass is 285 g/mol. The van der Waals surface area contributed by atoms with Crippen LogP contribution in [0, 0.1) is 5.92 Å². The smallest absolute Gasteiger partial charge is 0.387 e. The molecule has 1 heterocycles. The molecule has 0 bridgehead atoms. The summed E-state index contributed by atoms with van der Waals surface area (Å²) in [5, 5.41) is 9.52. The highest BCUT2D eigenvalue weighted by Gasteiger charge is 2.29. The molecule has 4 nitrogen and oxygen atoms in total. The Morgan fingerprint density at radius 3 is 2.55 bits per heavy atom. The molecule has 1 aliphatic rings. The van der Waals surface area contributed by atoms with E-state index in [0.29, 0.717) is 18.7 Å². The highest BCUT2D eigenvalue weighted by atomic mass is 19.3. The summed E-state index contributed by atoms with van der Waals surface area (Å²) >= 11 is 0. The Balaban J connectivity index is 1.99. The Bertz CT molecular complexity index is 462. The molecular weight excluding hydrogens is 268 g/mol. The average molecular weight is 285 g/mol. The number of aliphatic hydroxyl groups is 1. The number of rotatable bonds is 4. The first-order valence-corrected chi connectivity index (χ1v) is 6.49. The fourth-order valence-electron chi connectivity index (χ4n) is 2.33. The van der Waals surface area contributed by atoms with Crippen LogP contribution < -0.4 is 4.74 Å². The van der Waals surface area contributed by atoms with Gasteiger partial charge in [0.05, 0.1) is 6.10 Å². The summed E-state index contributed by atoms with van der Waals surface area (Å²) < 4.78 is 28.3. The van der Waals surface area contributed by atoms with Crippen LogP contribution in [0.1, 0.15) is 23.7 Å². The molecule has 1 fully saturated rings. The highest BCUT2D eigenvalue weighted by Crippen LogP contribution is 2.22. The molecule has 2 atom stereocenters. The third-order valence-electron chi connectivity index (χ3n) is 3.52. The van der Waals surface area contributed by atoms with Crippen LogP contribution in [0.15, 0.2) is 24.3 Å². The fourth-order valence-corrected chi connectivity index (χ4v) is 2.33. The number of carbonyl (C=O) groups is 1. The van der Waals surface area contributed by atoms with E-state index in [2.05, 4.69) is 4.74 Å². The quantitative estimate of drug-likeness (QED) is 0.922. The lowest BCUT2D eigenvalue weighted by Gasteiger charge is -2.18. The molecule has 2 unspecified atom stereocenters. The van der Waals surface area contributed by atoms with Crippen molar-refractivity contribution in [1.82, 2.24) is 4.90 Å². The van der Waals surface area contributed by atoms with Crippen molar-refractivity contribution < 1.29 is 23.4 Å². The van der Waals surface area contributed by atoms with Crippen molar-refractivity contribution >= 4 is 5.91 Å². The van der Waals surface area contributed by atoms with Crippen molar-refractivity contribution in [3.8, 4) is 5.75 Å². The van der Waals surface area contributed by atoms with E-state index < -0.39 is 12.7 Å². The second-order valence-corrected chi connectivity index (χ2v) is 4.94. The zero-order valence-corrected chi connectivity index (χ0v) is 11.1. The van der Waals surface area contributed by atoms with Crippen molar-refractivity contribution in [2.75, 3.05) is 13.1 Å². The van der Waals surface area contributed by atoms with E-state index in [0.717, 1.165) is 6.42 Å². The van der Waals surface area contributed by atoms with Gasteiger partial charge in [-0.25, -0.2) is 0 Å². The molecule has 110 valence electrons. The SMILES string of the molecule is CC(O)C1CCN(C(=O)c2ccc(OC(F)F)cc2)C1. The number of likely N-dealkylation sites (tertiary alicyclic amines) is 1. The van der Waals surface area contributed by atoms with Crippen molar-refractivity contribution in [2.45, 2.75) is 26.1 Å². The Hall–Kier alpha value is -1.69. The first-order chi connectivity index (χ1) is 9.47. The molecule has 1 N–H and O–H groups in total. The standard InChI is InChI=1S/C14H17F2NO3/c1-9(18)11-6-7-17(8-11)13(19)10-2-4-12(5-3-10)20-14(15)16/h2-5,9,11,14,18H,6-8H2,1H3. The van der Waals surface area contributed by atoms with Gasteiger partial charge in [-0.3, -0.25) is 4.79 Å². The maximum Gasteiger partial charge on any atom is 0.387 e. The number of hydrogen-bond donors (Lipinski definition) is 1. The first kappa shape index (κ1) is 14.7. The van der Waals surface area contributed by atoms with Gasteiger partial charge in [-0.2, -0.15) is 8.78 Å². The van der Waals surface area contributed by atoms with Crippen LogP contribution in [-0.2, 0) is 0 Å². The number of alkyl halides is 2. The second kappa shape index (κ2) is 6.17. The molecule has 1 aromatic rings. The summed E-state index contributed by atoms with van der Waals surface area (Å²) in [7, 11) is 0. The topological polar surface area (TPSA) is 49.8 Å². The van der Waals surface area contributed by atoms with Crippen LogP contribution in [0.5, 0.6) is 5.75 Å². The summed E-state index contributed by atoms with van der Waals surface area (Å²) in [5.41, 5.74) is 0.429. The normalized spacial score (nSPS) is 20.2. The molecule has 0 radical (unpaired) electrons. The lowest BCUT2D eigenvalue weighted by Crippen LogP contribution is -2.30. The van der Waals surface area contributed by atoms with E-state index in [9.17, 15) is 18.7 Å². The predicted octanol–water partition coefficient (Wildman–Crippen LogP) is 2.13. The Morgan fingerprint density at radius 2 is 2.05 bits per heavy atom. The number of carbonyl (C=O) groups excluding carboxylic acids is 1. The van der Waals surface area contributed by atoms with Gasteiger partial charge in [0.15, 0.2) is 0 Å². The lowest BCUT2D eigenvalue weighted by molar-refractivity contribution is -0.0498. The number of nitrogens with zero attached hydrogens (tertiary/aromatic N) is 1. The zero-order chi connectivity index (χ0) is 14.7. The third-order valence-corrected chi connectivity index (χ3v) is 3.52. The van der Waals surface area contributed by atoms with Gasteiger partial charge in [0.25, 0.3) is 5.91 Å². The molecule has 6 heteroatoms. The van der Waals surface area contributed by atoms with Gasteiger partial charge in [0, 0.05) is 24.6 Å². The maximum absolute atomic E-state index is 12.2. The highest BCUT2D eigenvalue weighted by molar-refractivity contribution is 5.94. The van der Waals surface area contributed by atoms with Crippen LogP contribution in [0.3, 0.4) is 0 Å². The number of ether oxygens (including phenoxy) is 1. The molecular formula is C14H17F2NO3. The summed E-state index contributed by atoms with van der Waals surface area (Å²) in [6, 6.07) is 5.63. The second-order valence-electron chi connectivity index (χ2n) is 4.94. The molecule has 1 aromatic carbocycles. The van der Waals surface area contributed by atoms with E-state index in [-0.39, 0.29) is 17.6 Å². The van der Waals surface area contributed by atoms with E-state index in [1.165, 1.54) is 24.3 Å². The fraction of sp³-hybridized carbons (Fsp3) is 0.500. The Morgan fingerprint density at radius 1 is 1.40 bits per heavy atom. The molecule has 20 heavy (non-hydrogen) atoms. The minimum Gasteiger partial charge on any atom is -0.435 e. The van der Waals surface area contributed by atoms with Gasteiger partial charge in [0.2, 0.25) is 0 Å². The predicted molar refractivity (Wildman–Crippen MR) is 68.8 cm³/mol. The van der Waals surface area contributed by atoms with Crippen molar-refractivity contribution in [3.63, 3.8) is 0 Å². The van der Waals surface area contributed by atoms with Crippen LogP contribution in [0.2, 0.25) is 0 Å². The summed E-state index contributed by atoms with van der Waals surface area (Å²) in [6.07, 6.45) is 0.338. The van der Waals surface area contributed by atoms with Gasteiger partial charge in [-0.15, -0.1) is 0 Å². The molecule has 0 aromatic heterocycles. The van der Waals surface area contributed by atoms with Gasteiger partial charge >= 0.3 is 6.61 Å². The Labute approximate surface area is 116 Å². The van der Waals surface area contributed by atoms with Gasteiger partial charge in [-0.05, 0) is 37.6 Å². The number of hydrogen-bond acceptors (Lipinski definition) is 3. The van der Waals surface area contributed by atoms with Crippen LogP contribution >= 0.6 is 0 Å². The molecule has 0 aliphatic carbocycles. The average Bonchev–Trinajstić information content (AvgIpc) is 2.88. The van der Waals surface area contributed by atoms with Crippen LogP contribution in [0.25, 0.3) is 0 Å². The molecule has 0 saturated carbocycles. The number of aliphatic hydroxyl groups excluding tert-OH is 1. The molecule has 0 spiro atoms. The van der Waals surface area contributed by atoms with Crippen molar-refractivity contribution in [2.24, 2.45) is 5.92 Å². The minimum absolute atomic E-state index is 0.0276. The largest absolute Gasteiger partial charge is 0.435 e. The van der Waals surface area contributed by atoms with Crippen molar-refractivity contribution in [1.29, 1.82) is 0 Å². The van der Waals surface area contributed by atoms with Gasteiger partial charge in [-0.1, -0.05) is 0 Å². The molecule has 2 rings (SSSR count). The van der Waals surface area contributed by atoms with Gasteiger partial charge in [0.1, 0.15) is 5.75 Å². The van der Waals surface area contributed by atoms with Crippen LogP contribution in [0.4, 0.5) is 8.78 Å². The molecule has 1 aliphatic heterocycles. The third kappa shape index (κ3) is 3.45. The zero-order valence-electron chi connectivity index (χ0n) is 11.1.